The number of nitrogens with zero attached hydrogens (tertiary/aromatic N) is 2. The standard InChI is InChI=1S/C14H16BrN3/c1-18(2)14-7-8-16-10-13(14)17-9-11-5-3-4-6-12(11)15/h3-8,10,17H,9H2,1-2H3. The summed E-state index contributed by atoms with van der Waals surface area (Å²) in [7, 11) is 4.05. The molecular weight excluding hydrogens is 290 g/mol. The van der Waals surface area contributed by atoms with Gasteiger partial charge in [0.25, 0.3) is 0 Å². The van der Waals surface area contributed by atoms with Crippen LogP contribution in [-0.2, 0) is 6.54 Å². The van der Waals surface area contributed by atoms with Crippen molar-refractivity contribution in [3.63, 3.8) is 0 Å². The third-order valence-corrected chi connectivity index (χ3v) is 3.48. The second-order valence-corrected chi connectivity index (χ2v) is 5.09. The number of nitrogens with one attached hydrogen (secondary N) is 1. The summed E-state index contributed by atoms with van der Waals surface area (Å²) in [6.45, 7) is 0.772. The van der Waals surface area contributed by atoms with Crippen LogP contribution in [0.25, 0.3) is 0 Å². The summed E-state index contributed by atoms with van der Waals surface area (Å²) in [5, 5.41) is 3.42. The van der Waals surface area contributed by atoms with E-state index in [2.05, 4.69) is 37.2 Å². The summed E-state index contributed by atoms with van der Waals surface area (Å²) < 4.78 is 1.12. The maximum Gasteiger partial charge on any atom is 0.0766 e. The molecule has 4 heteroatoms. The summed E-state index contributed by atoms with van der Waals surface area (Å²) >= 11 is 3.55. The first-order valence-electron chi connectivity index (χ1n) is 5.77. The predicted molar refractivity (Wildman–Crippen MR) is 80.0 cm³/mol. The zero-order valence-electron chi connectivity index (χ0n) is 10.5. The van der Waals surface area contributed by atoms with E-state index in [1.807, 2.05) is 44.6 Å². The van der Waals surface area contributed by atoms with E-state index in [1.165, 1.54) is 5.56 Å². The average Bonchev–Trinajstić information content (AvgIpc) is 2.38. The van der Waals surface area contributed by atoms with E-state index in [0.717, 1.165) is 22.4 Å². The lowest BCUT2D eigenvalue weighted by Gasteiger charge is -2.18. The van der Waals surface area contributed by atoms with Crippen molar-refractivity contribution < 1.29 is 0 Å². The van der Waals surface area contributed by atoms with Crippen LogP contribution in [-0.4, -0.2) is 19.1 Å². The third-order valence-electron chi connectivity index (χ3n) is 2.71. The number of halogens is 1. The maximum atomic E-state index is 4.16. The Hall–Kier alpha value is -1.55. The number of benzene rings is 1. The molecule has 18 heavy (non-hydrogen) atoms. The van der Waals surface area contributed by atoms with E-state index in [9.17, 15) is 0 Å². The highest BCUT2D eigenvalue weighted by molar-refractivity contribution is 9.10. The minimum Gasteiger partial charge on any atom is -0.378 e. The molecular formula is C14H16BrN3. The van der Waals surface area contributed by atoms with Crippen molar-refractivity contribution in [1.82, 2.24) is 4.98 Å². The Balaban J connectivity index is 2.14. The van der Waals surface area contributed by atoms with E-state index in [4.69, 9.17) is 0 Å². The Kier molecular flexibility index (Phi) is 4.20. The van der Waals surface area contributed by atoms with Gasteiger partial charge < -0.3 is 10.2 Å². The second kappa shape index (κ2) is 5.87. The molecule has 0 fully saturated rings. The van der Waals surface area contributed by atoms with Crippen molar-refractivity contribution in [3.05, 3.63) is 52.8 Å². The van der Waals surface area contributed by atoms with Gasteiger partial charge in [-0.05, 0) is 17.7 Å². The molecule has 1 aromatic carbocycles. The van der Waals surface area contributed by atoms with E-state index >= 15 is 0 Å². The van der Waals surface area contributed by atoms with Crippen LogP contribution in [0, 0.1) is 0 Å². The molecule has 0 aliphatic rings. The van der Waals surface area contributed by atoms with Crippen molar-refractivity contribution in [2.24, 2.45) is 0 Å². The van der Waals surface area contributed by atoms with Gasteiger partial charge in [-0.1, -0.05) is 34.1 Å². The van der Waals surface area contributed by atoms with E-state index < -0.39 is 0 Å². The second-order valence-electron chi connectivity index (χ2n) is 4.23. The van der Waals surface area contributed by atoms with Gasteiger partial charge >= 0.3 is 0 Å². The van der Waals surface area contributed by atoms with Gasteiger partial charge in [0.15, 0.2) is 0 Å². The summed E-state index contributed by atoms with van der Waals surface area (Å²) in [5.74, 6) is 0. The lowest BCUT2D eigenvalue weighted by molar-refractivity contribution is 1.08. The normalized spacial score (nSPS) is 10.2. The molecule has 0 spiro atoms. The van der Waals surface area contributed by atoms with Crippen molar-refractivity contribution >= 4 is 27.3 Å². The lowest BCUT2D eigenvalue weighted by atomic mass is 10.2. The van der Waals surface area contributed by atoms with Crippen LogP contribution < -0.4 is 10.2 Å². The summed E-state index contributed by atoms with van der Waals surface area (Å²) in [6.07, 6.45) is 3.66. The number of rotatable bonds is 4. The lowest BCUT2D eigenvalue weighted by Crippen LogP contribution is -2.12. The molecule has 0 saturated heterocycles. The monoisotopic (exact) mass is 305 g/mol. The Labute approximate surface area is 116 Å². The molecule has 0 radical (unpaired) electrons. The Morgan fingerprint density at radius 3 is 2.72 bits per heavy atom. The molecule has 1 aromatic heterocycles. The van der Waals surface area contributed by atoms with Crippen LogP contribution in [0.1, 0.15) is 5.56 Å². The highest BCUT2D eigenvalue weighted by Crippen LogP contribution is 2.24. The molecule has 0 atom stereocenters. The fraction of sp³-hybridized carbons (Fsp3) is 0.214. The fourth-order valence-electron chi connectivity index (χ4n) is 1.75. The van der Waals surface area contributed by atoms with Crippen LogP contribution in [0.4, 0.5) is 11.4 Å². The zero-order chi connectivity index (χ0) is 13.0. The van der Waals surface area contributed by atoms with Crippen molar-refractivity contribution in [1.29, 1.82) is 0 Å². The van der Waals surface area contributed by atoms with Crippen LogP contribution in [0.2, 0.25) is 0 Å². The first-order valence-corrected chi connectivity index (χ1v) is 6.56. The molecule has 1 N–H and O–H groups in total. The fourth-order valence-corrected chi connectivity index (χ4v) is 2.17. The molecule has 3 nitrogen and oxygen atoms in total. The molecule has 0 amide bonds. The largest absolute Gasteiger partial charge is 0.378 e. The minimum absolute atomic E-state index is 0.772. The molecule has 0 aliphatic heterocycles. The number of anilines is 2. The van der Waals surface area contributed by atoms with Gasteiger partial charge in [0, 0.05) is 31.3 Å². The molecule has 0 unspecified atom stereocenters. The Morgan fingerprint density at radius 1 is 1.22 bits per heavy atom. The molecule has 0 bridgehead atoms. The highest BCUT2D eigenvalue weighted by atomic mass is 79.9. The van der Waals surface area contributed by atoms with Gasteiger partial charge in [0.1, 0.15) is 0 Å². The van der Waals surface area contributed by atoms with Gasteiger partial charge in [0.05, 0.1) is 17.6 Å². The van der Waals surface area contributed by atoms with Crippen molar-refractivity contribution in [2.75, 3.05) is 24.3 Å². The van der Waals surface area contributed by atoms with Crippen molar-refractivity contribution in [2.45, 2.75) is 6.54 Å². The Bertz CT molecular complexity index is 526. The minimum atomic E-state index is 0.772. The first kappa shape index (κ1) is 12.9. The zero-order valence-corrected chi connectivity index (χ0v) is 12.1. The Morgan fingerprint density at radius 2 is 2.00 bits per heavy atom. The first-order chi connectivity index (χ1) is 8.68. The summed E-state index contributed by atoms with van der Waals surface area (Å²) in [5.41, 5.74) is 3.40. The third kappa shape index (κ3) is 3.01. The van der Waals surface area contributed by atoms with Crippen LogP contribution in [0.3, 0.4) is 0 Å². The molecule has 94 valence electrons. The highest BCUT2D eigenvalue weighted by Gasteiger charge is 2.04. The van der Waals surface area contributed by atoms with E-state index in [1.54, 1.807) is 6.20 Å². The predicted octanol–water partition coefficient (Wildman–Crippen LogP) is 3.52. The van der Waals surface area contributed by atoms with Crippen LogP contribution >= 0.6 is 15.9 Å². The quantitative estimate of drug-likeness (QED) is 0.937. The van der Waals surface area contributed by atoms with Gasteiger partial charge in [-0.15, -0.1) is 0 Å². The van der Waals surface area contributed by atoms with Crippen LogP contribution in [0.5, 0.6) is 0 Å². The van der Waals surface area contributed by atoms with Gasteiger partial charge in [-0.25, -0.2) is 0 Å². The number of hydrogen-bond donors (Lipinski definition) is 1. The maximum absolute atomic E-state index is 4.16. The smallest absolute Gasteiger partial charge is 0.0766 e. The molecule has 1 heterocycles. The SMILES string of the molecule is CN(C)c1ccncc1NCc1ccccc1Br. The van der Waals surface area contributed by atoms with Gasteiger partial charge in [-0.3, -0.25) is 4.98 Å². The van der Waals surface area contributed by atoms with Gasteiger partial charge in [0.2, 0.25) is 0 Å². The van der Waals surface area contributed by atoms with Crippen molar-refractivity contribution in [3.8, 4) is 0 Å². The summed E-state index contributed by atoms with van der Waals surface area (Å²) in [6, 6.07) is 10.2. The number of hydrogen-bond acceptors (Lipinski definition) is 3. The van der Waals surface area contributed by atoms with Crippen LogP contribution in [0.15, 0.2) is 47.2 Å². The topological polar surface area (TPSA) is 28.2 Å². The molecule has 2 rings (SSSR count). The molecule has 2 aromatic rings. The van der Waals surface area contributed by atoms with E-state index in [0.29, 0.717) is 0 Å². The van der Waals surface area contributed by atoms with E-state index in [-0.39, 0.29) is 0 Å². The summed E-state index contributed by atoms with van der Waals surface area (Å²) in [4.78, 5) is 6.24. The molecule has 0 aliphatic carbocycles. The molecule has 0 saturated carbocycles. The number of aromatic nitrogens is 1. The van der Waals surface area contributed by atoms with Gasteiger partial charge in [-0.2, -0.15) is 0 Å². The number of pyridine rings is 1. The average molecular weight is 306 g/mol.